The normalized spacial score (nSPS) is 10.4. The van der Waals surface area contributed by atoms with Gasteiger partial charge in [-0.2, -0.15) is 0 Å². The monoisotopic (exact) mass is 552 g/mol. The van der Waals surface area contributed by atoms with Crippen LogP contribution >= 0.6 is 0 Å². The topological polar surface area (TPSA) is 52.6 Å². The lowest BCUT2D eigenvalue weighted by Gasteiger charge is -2.04. The van der Waals surface area contributed by atoms with Crippen LogP contribution in [0.3, 0.4) is 0 Å². The van der Waals surface area contributed by atoms with E-state index < -0.39 is 0 Å². The van der Waals surface area contributed by atoms with Crippen LogP contribution < -0.4 is 9.47 Å². The van der Waals surface area contributed by atoms with E-state index >= 15 is 0 Å². The van der Waals surface area contributed by atoms with E-state index in [2.05, 4.69) is 13.8 Å². The van der Waals surface area contributed by atoms with Gasteiger partial charge in [0.1, 0.15) is 11.5 Å². The summed E-state index contributed by atoms with van der Waals surface area (Å²) in [5.74, 6) is 1.07. The molecule has 0 aliphatic rings. The Morgan fingerprint density at radius 2 is 0.700 bits per heavy atom. The lowest BCUT2D eigenvalue weighted by atomic mass is 10.1. The Bertz CT molecular complexity index is 763. The second-order valence-corrected chi connectivity index (χ2v) is 10.7. The number of rotatable bonds is 22. The van der Waals surface area contributed by atoms with Crippen LogP contribution in [0.25, 0.3) is 0 Å². The third-order valence-electron chi connectivity index (χ3n) is 6.92. The lowest BCUT2D eigenvalue weighted by Crippen LogP contribution is -2.07. The average molecular weight is 553 g/mol. The number of esters is 2. The third-order valence-corrected chi connectivity index (χ3v) is 6.92. The molecule has 4 heteroatoms. The molecule has 0 aromatic heterocycles. The van der Waals surface area contributed by atoms with Crippen LogP contribution in [0.1, 0.15) is 142 Å². The Morgan fingerprint density at radius 3 is 1.00 bits per heavy atom. The van der Waals surface area contributed by atoms with Gasteiger partial charge in [0.05, 0.1) is 0 Å². The zero-order valence-electron chi connectivity index (χ0n) is 25.5. The molecule has 0 amide bonds. The number of carbonyl (C=O) groups excluding carboxylic acids is 2. The van der Waals surface area contributed by atoms with Gasteiger partial charge < -0.3 is 9.47 Å². The van der Waals surface area contributed by atoms with Crippen LogP contribution in [0.2, 0.25) is 0 Å². The van der Waals surface area contributed by atoms with E-state index in [0.717, 1.165) is 25.7 Å². The minimum absolute atomic E-state index is 0.112. The largest absolute Gasteiger partial charge is 0.427 e. The van der Waals surface area contributed by atoms with Gasteiger partial charge in [0.15, 0.2) is 0 Å². The van der Waals surface area contributed by atoms with Crippen LogP contribution in [0.15, 0.2) is 60.7 Å². The molecule has 2 aromatic rings. The smallest absolute Gasteiger partial charge is 0.311 e. The minimum atomic E-state index is -0.112. The number of hydrogen-bond acceptors (Lipinski definition) is 4. The van der Waals surface area contributed by atoms with Crippen molar-refractivity contribution in [1.29, 1.82) is 0 Å². The summed E-state index contributed by atoms with van der Waals surface area (Å²) in [5.41, 5.74) is 0. The number of carbonyl (C=O) groups is 2. The molecular formula is C36H56O4. The Kier molecular flexibility index (Phi) is 23.5. The van der Waals surface area contributed by atoms with Crippen molar-refractivity contribution in [2.75, 3.05) is 0 Å². The zero-order valence-corrected chi connectivity index (χ0v) is 25.5. The third kappa shape index (κ3) is 22.2. The van der Waals surface area contributed by atoms with Gasteiger partial charge in [-0.1, -0.05) is 153 Å². The number of hydrogen-bond donors (Lipinski definition) is 0. The van der Waals surface area contributed by atoms with Crippen molar-refractivity contribution in [3.63, 3.8) is 0 Å². The predicted octanol–water partition coefficient (Wildman–Crippen LogP) is 11.0. The highest BCUT2D eigenvalue weighted by Gasteiger charge is 2.05. The summed E-state index contributed by atoms with van der Waals surface area (Å²) >= 11 is 0. The highest BCUT2D eigenvalue weighted by Crippen LogP contribution is 2.14. The van der Waals surface area contributed by atoms with Crippen molar-refractivity contribution in [2.24, 2.45) is 0 Å². The summed E-state index contributed by atoms with van der Waals surface area (Å²) < 4.78 is 10.5. The van der Waals surface area contributed by atoms with Crippen molar-refractivity contribution in [3.8, 4) is 11.5 Å². The van der Waals surface area contributed by atoms with Gasteiger partial charge in [0.2, 0.25) is 0 Å². The summed E-state index contributed by atoms with van der Waals surface area (Å²) in [6.07, 6.45) is 23.8. The Hall–Kier alpha value is -2.62. The SMILES string of the molecule is CCCCCCCCCCCC(=O)Oc1ccccc1.CCCCCCCCCCCC(=O)Oc1ccccc1. The van der Waals surface area contributed by atoms with Crippen molar-refractivity contribution < 1.29 is 19.1 Å². The molecule has 0 saturated heterocycles. The van der Waals surface area contributed by atoms with Gasteiger partial charge in [-0.05, 0) is 37.1 Å². The van der Waals surface area contributed by atoms with Gasteiger partial charge >= 0.3 is 11.9 Å². The fraction of sp³-hybridized carbons (Fsp3) is 0.611. The van der Waals surface area contributed by atoms with E-state index in [-0.39, 0.29) is 11.9 Å². The van der Waals surface area contributed by atoms with E-state index in [4.69, 9.17) is 9.47 Å². The molecule has 0 aliphatic carbocycles. The number of unbranched alkanes of at least 4 members (excludes halogenated alkanes) is 16. The first-order chi connectivity index (χ1) is 19.7. The lowest BCUT2D eigenvalue weighted by molar-refractivity contribution is -0.135. The van der Waals surface area contributed by atoms with Crippen LogP contribution in [0, 0.1) is 0 Å². The quantitative estimate of drug-likeness (QED) is 0.0828. The number of benzene rings is 2. The highest BCUT2D eigenvalue weighted by atomic mass is 16.5. The molecule has 0 radical (unpaired) electrons. The van der Waals surface area contributed by atoms with Gasteiger partial charge in [-0.25, -0.2) is 0 Å². The molecule has 0 bridgehead atoms. The Balaban J connectivity index is 0.000000400. The van der Waals surface area contributed by atoms with Crippen molar-refractivity contribution in [2.45, 2.75) is 142 Å². The minimum Gasteiger partial charge on any atom is -0.427 e. The summed E-state index contributed by atoms with van der Waals surface area (Å²) in [6, 6.07) is 18.6. The van der Waals surface area contributed by atoms with Crippen LogP contribution in [0.4, 0.5) is 0 Å². The molecule has 0 spiro atoms. The van der Waals surface area contributed by atoms with Crippen LogP contribution in [-0.2, 0) is 9.59 Å². The van der Waals surface area contributed by atoms with E-state index in [1.165, 1.54) is 89.9 Å². The number of para-hydroxylation sites is 2. The van der Waals surface area contributed by atoms with Crippen LogP contribution in [0.5, 0.6) is 11.5 Å². The molecule has 224 valence electrons. The molecular weight excluding hydrogens is 496 g/mol. The first-order valence-corrected chi connectivity index (χ1v) is 16.2. The first-order valence-electron chi connectivity index (χ1n) is 16.2. The standard InChI is InChI=1S/2C18H28O2/c2*1-2-3-4-5-6-7-8-9-13-16-18(19)20-17-14-11-10-12-15-17/h2*10-12,14-15H,2-9,13,16H2,1H3. The second-order valence-electron chi connectivity index (χ2n) is 10.7. The fourth-order valence-corrected chi connectivity index (χ4v) is 4.50. The number of ether oxygens (including phenoxy) is 2. The van der Waals surface area contributed by atoms with E-state index in [0.29, 0.717) is 24.3 Å². The average Bonchev–Trinajstić information content (AvgIpc) is 2.97. The summed E-state index contributed by atoms with van der Waals surface area (Å²) in [6.45, 7) is 4.49. The van der Waals surface area contributed by atoms with Crippen molar-refractivity contribution >= 4 is 11.9 Å². The van der Waals surface area contributed by atoms with E-state index in [1.54, 1.807) is 0 Å². The predicted molar refractivity (Wildman–Crippen MR) is 168 cm³/mol. The maximum atomic E-state index is 11.6. The molecule has 4 nitrogen and oxygen atoms in total. The Labute approximate surface area is 245 Å². The molecule has 0 N–H and O–H groups in total. The molecule has 0 aliphatic heterocycles. The summed E-state index contributed by atoms with van der Waals surface area (Å²) in [4.78, 5) is 23.2. The summed E-state index contributed by atoms with van der Waals surface area (Å²) in [7, 11) is 0. The molecule has 0 fully saturated rings. The summed E-state index contributed by atoms with van der Waals surface area (Å²) in [5, 5.41) is 0. The van der Waals surface area contributed by atoms with Gasteiger partial charge in [-0.15, -0.1) is 0 Å². The molecule has 0 saturated carbocycles. The van der Waals surface area contributed by atoms with Crippen molar-refractivity contribution in [3.05, 3.63) is 60.7 Å². The van der Waals surface area contributed by atoms with Crippen molar-refractivity contribution in [1.82, 2.24) is 0 Å². The van der Waals surface area contributed by atoms with Gasteiger partial charge in [0.25, 0.3) is 0 Å². The molecule has 2 rings (SSSR count). The molecule has 0 unspecified atom stereocenters. The van der Waals surface area contributed by atoms with Gasteiger partial charge in [0, 0.05) is 12.8 Å². The van der Waals surface area contributed by atoms with Crippen LogP contribution in [-0.4, -0.2) is 11.9 Å². The second kappa shape index (κ2) is 26.6. The van der Waals surface area contributed by atoms with Gasteiger partial charge in [-0.3, -0.25) is 9.59 Å². The molecule has 0 atom stereocenters. The van der Waals surface area contributed by atoms with E-state index in [9.17, 15) is 9.59 Å². The van der Waals surface area contributed by atoms with E-state index in [1.807, 2.05) is 60.7 Å². The maximum Gasteiger partial charge on any atom is 0.311 e. The maximum absolute atomic E-state index is 11.6. The zero-order chi connectivity index (χ0) is 28.9. The highest BCUT2D eigenvalue weighted by molar-refractivity contribution is 5.72. The molecule has 2 aromatic carbocycles. The fourth-order valence-electron chi connectivity index (χ4n) is 4.50. The molecule has 0 heterocycles. The molecule has 40 heavy (non-hydrogen) atoms. The Morgan fingerprint density at radius 1 is 0.425 bits per heavy atom. The first kappa shape index (κ1) is 35.4.